The molecule has 10 nitrogen and oxygen atoms in total. The van der Waals surface area contributed by atoms with Crippen molar-refractivity contribution < 1.29 is 8.60 Å². The number of benzene rings is 2. The zero-order chi connectivity index (χ0) is 33.3. The Morgan fingerprint density at radius 1 is 1.17 bits per heavy atom. The zero-order valence-corrected chi connectivity index (χ0v) is 28.6. The van der Waals surface area contributed by atoms with Gasteiger partial charge in [0.1, 0.15) is 16.5 Å². The topological polar surface area (TPSA) is 108 Å². The Kier molecular flexibility index (Phi) is 9.42. The Morgan fingerprint density at radius 2 is 2.00 bits per heavy atom. The second-order valence-corrected chi connectivity index (χ2v) is 15.7. The lowest BCUT2D eigenvalue weighted by Gasteiger charge is -2.33. The fourth-order valence-electron chi connectivity index (χ4n) is 5.72. The number of anilines is 3. The van der Waals surface area contributed by atoms with Crippen molar-refractivity contribution in [3.05, 3.63) is 87.0 Å². The normalized spacial score (nSPS) is 16.5. The van der Waals surface area contributed by atoms with Crippen LogP contribution in [0.3, 0.4) is 0 Å². The van der Waals surface area contributed by atoms with Gasteiger partial charge in [0.15, 0.2) is 0 Å². The summed E-state index contributed by atoms with van der Waals surface area (Å²) in [4.78, 5) is 32.6. The number of fused-ring (bicyclic) bond motifs is 1. The number of halogens is 1. The summed E-state index contributed by atoms with van der Waals surface area (Å²) < 4.78 is 30.4. The molecular formula is C34H39FN8O2S2. The van der Waals surface area contributed by atoms with Gasteiger partial charge < -0.3 is 20.4 Å². The second kappa shape index (κ2) is 13.5. The number of hydrogen-bond acceptors (Lipinski definition) is 10. The van der Waals surface area contributed by atoms with E-state index in [4.69, 9.17) is 4.98 Å². The summed E-state index contributed by atoms with van der Waals surface area (Å²) in [6, 6.07) is 12.6. The third-order valence-corrected chi connectivity index (χ3v) is 11.0. The summed E-state index contributed by atoms with van der Waals surface area (Å²) in [5, 5.41) is 9.74. The molecule has 0 saturated carbocycles. The van der Waals surface area contributed by atoms with E-state index >= 15 is 4.39 Å². The van der Waals surface area contributed by atoms with Crippen molar-refractivity contribution in [1.82, 2.24) is 29.7 Å². The number of aromatic nitrogens is 4. The lowest BCUT2D eigenvalue weighted by molar-refractivity contribution is 0.435. The molecule has 47 heavy (non-hydrogen) atoms. The van der Waals surface area contributed by atoms with E-state index in [1.807, 2.05) is 54.4 Å². The molecule has 0 spiro atoms. The molecule has 1 aliphatic heterocycles. The van der Waals surface area contributed by atoms with Crippen LogP contribution in [0.25, 0.3) is 22.2 Å². The molecule has 6 rings (SSSR count). The molecule has 246 valence electrons. The van der Waals surface area contributed by atoms with Crippen LogP contribution in [-0.4, -0.2) is 86.6 Å². The van der Waals surface area contributed by atoms with Crippen LogP contribution in [0, 0.1) is 12.7 Å². The Bertz CT molecular complexity index is 2080. The summed E-state index contributed by atoms with van der Waals surface area (Å²) in [6.07, 6.45) is 3.35. The maximum absolute atomic E-state index is 15.2. The maximum Gasteiger partial charge on any atom is 0.260 e. The maximum atomic E-state index is 15.2. The molecule has 0 amide bonds. The molecule has 1 saturated heterocycles. The van der Waals surface area contributed by atoms with Gasteiger partial charge in [0.25, 0.3) is 5.56 Å². The van der Waals surface area contributed by atoms with Gasteiger partial charge in [-0.25, -0.2) is 14.4 Å². The van der Waals surface area contributed by atoms with E-state index in [2.05, 4.69) is 33.4 Å². The van der Waals surface area contributed by atoms with Crippen molar-refractivity contribution in [2.75, 3.05) is 56.2 Å². The summed E-state index contributed by atoms with van der Waals surface area (Å²) in [5.74, 6) is 4.36. The Morgan fingerprint density at radius 3 is 2.72 bits per heavy atom. The van der Waals surface area contributed by atoms with Crippen LogP contribution in [-0.2, 0) is 16.1 Å². The summed E-state index contributed by atoms with van der Waals surface area (Å²) in [7, 11) is 1.28. The first-order valence-electron chi connectivity index (χ1n) is 15.4. The van der Waals surface area contributed by atoms with E-state index in [1.54, 1.807) is 35.2 Å². The molecule has 5 aromatic rings. The first-order chi connectivity index (χ1) is 22.5. The lowest BCUT2D eigenvalue weighted by atomic mass is 10.0. The highest BCUT2D eigenvalue weighted by Crippen LogP contribution is 2.29. The highest BCUT2D eigenvalue weighted by molar-refractivity contribution is 8.00. The van der Waals surface area contributed by atoms with Crippen LogP contribution in [0.2, 0.25) is 0 Å². The fourth-order valence-corrected chi connectivity index (χ4v) is 7.87. The molecule has 0 aliphatic carbocycles. The van der Waals surface area contributed by atoms with E-state index in [0.29, 0.717) is 50.7 Å². The summed E-state index contributed by atoms with van der Waals surface area (Å²) in [6.45, 7) is 7.10. The molecule has 2 atom stereocenters. The zero-order valence-electron chi connectivity index (χ0n) is 27.0. The number of piperazine rings is 1. The van der Waals surface area contributed by atoms with Gasteiger partial charge in [-0.15, -0.1) is 11.3 Å². The molecule has 3 aromatic heterocycles. The smallest absolute Gasteiger partial charge is 0.260 e. The third-order valence-electron chi connectivity index (χ3n) is 8.31. The Labute approximate surface area is 278 Å². The average molecular weight is 675 g/mol. The molecule has 4 heterocycles. The van der Waals surface area contributed by atoms with Crippen molar-refractivity contribution >= 4 is 55.1 Å². The third kappa shape index (κ3) is 7.23. The molecule has 0 bridgehead atoms. The van der Waals surface area contributed by atoms with Gasteiger partial charge in [-0.2, -0.15) is 4.98 Å². The van der Waals surface area contributed by atoms with E-state index in [0.717, 1.165) is 30.2 Å². The minimum Gasteiger partial charge on any atom is -0.366 e. The molecule has 1 fully saturated rings. The van der Waals surface area contributed by atoms with Crippen LogP contribution in [0.4, 0.5) is 21.7 Å². The molecule has 13 heteroatoms. The van der Waals surface area contributed by atoms with Gasteiger partial charge in [0.05, 0.1) is 12.2 Å². The number of pyridine rings is 1. The summed E-state index contributed by atoms with van der Waals surface area (Å²) in [5.41, 5.74) is 3.20. The average Bonchev–Trinajstić information content (AvgIpc) is 3.55. The molecule has 2 aromatic carbocycles. The monoisotopic (exact) mass is 674 g/mol. The van der Waals surface area contributed by atoms with Crippen LogP contribution in [0.5, 0.6) is 0 Å². The molecular weight excluding hydrogens is 636 g/mol. The predicted molar refractivity (Wildman–Crippen MR) is 191 cm³/mol. The SMILES string of the molecule is C=S(=O)(CCN(C)C)c1ccc(C)c(-c2cc3cnc(Nc4ccc(N5CCNC(C)C5)c(F)c4)nc3n(Cc3nccs3)c2=O)c1. The first kappa shape index (κ1) is 32.8. The lowest BCUT2D eigenvalue weighted by Crippen LogP contribution is -2.49. The number of aryl methyl sites for hydroxylation is 1. The van der Waals surface area contributed by atoms with Gasteiger partial charge in [-0.05, 0) is 90.9 Å². The second-order valence-electron chi connectivity index (χ2n) is 12.2. The highest BCUT2D eigenvalue weighted by Gasteiger charge is 2.21. The number of hydrogen-bond donors (Lipinski definition) is 2. The van der Waals surface area contributed by atoms with Gasteiger partial charge in [0, 0.05) is 77.3 Å². The van der Waals surface area contributed by atoms with Crippen LogP contribution >= 0.6 is 11.3 Å². The standard InChI is InChI=1S/C34H39FN8O2S2/c1-22-6-8-26(47(5,45)15-13-41(3)4)18-27(22)28-16-24-19-38-34(40-32(24)43(33(28)44)21-31-37-11-14-46-31)39-25-7-9-30(29(35)17-25)42-12-10-36-23(2)20-42/h6-9,11,14,16-19,23,36H,5,10,12-13,15,20-21H2,1-4H3,(H,38,39,40). The molecule has 1 aliphatic rings. The quantitative estimate of drug-likeness (QED) is 0.206. The highest BCUT2D eigenvalue weighted by atomic mass is 32.2. The largest absolute Gasteiger partial charge is 0.366 e. The van der Waals surface area contributed by atoms with E-state index in [9.17, 15) is 9.00 Å². The first-order valence-corrected chi connectivity index (χ1v) is 18.2. The molecule has 0 radical (unpaired) electrons. The van der Waals surface area contributed by atoms with E-state index < -0.39 is 9.52 Å². The van der Waals surface area contributed by atoms with Gasteiger partial charge in [0.2, 0.25) is 5.95 Å². The van der Waals surface area contributed by atoms with Gasteiger partial charge in [-0.3, -0.25) is 13.6 Å². The number of rotatable bonds is 10. The van der Waals surface area contributed by atoms with Crippen LogP contribution in [0.15, 0.2) is 69.9 Å². The number of nitrogens with one attached hydrogen (secondary N) is 2. The van der Waals surface area contributed by atoms with Crippen molar-refractivity contribution in [1.29, 1.82) is 0 Å². The summed E-state index contributed by atoms with van der Waals surface area (Å²) >= 11 is 1.45. The van der Waals surface area contributed by atoms with E-state index in [1.165, 1.54) is 17.4 Å². The van der Waals surface area contributed by atoms with E-state index in [-0.39, 0.29) is 29.9 Å². The fraction of sp³-hybridized carbons (Fsp3) is 0.324. The predicted octanol–water partition coefficient (Wildman–Crippen LogP) is 4.59. The van der Waals surface area contributed by atoms with Crippen molar-refractivity contribution in [3.63, 3.8) is 0 Å². The van der Waals surface area contributed by atoms with Crippen LogP contribution < -0.4 is 21.1 Å². The van der Waals surface area contributed by atoms with Crippen molar-refractivity contribution in [2.45, 2.75) is 31.3 Å². The van der Waals surface area contributed by atoms with Crippen molar-refractivity contribution in [2.24, 2.45) is 0 Å². The Hall–Kier alpha value is -4.17. The van der Waals surface area contributed by atoms with Crippen LogP contribution in [0.1, 0.15) is 17.5 Å². The molecule has 2 N–H and O–H groups in total. The molecule has 2 unspecified atom stereocenters. The van der Waals surface area contributed by atoms with Crippen molar-refractivity contribution in [3.8, 4) is 11.1 Å². The minimum atomic E-state index is -2.58. The Balaban J connectivity index is 1.39. The number of thiazole rings is 1. The minimum absolute atomic E-state index is 0.206. The van der Waals surface area contributed by atoms with Gasteiger partial charge in [-0.1, -0.05) is 6.07 Å². The van der Waals surface area contributed by atoms with Gasteiger partial charge >= 0.3 is 0 Å². The number of nitrogens with zero attached hydrogens (tertiary/aromatic N) is 6.